The van der Waals surface area contributed by atoms with Crippen LogP contribution in [0.25, 0.3) is 0 Å². The second kappa shape index (κ2) is 7.46. The van der Waals surface area contributed by atoms with Crippen LogP contribution in [-0.4, -0.2) is 36.5 Å². The lowest BCUT2D eigenvalue weighted by Gasteiger charge is -2.37. The Kier molecular flexibility index (Phi) is 5.62. The van der Waals surface area contributed by atoms with Crippen molar-refractivity contribution in [3.63, 3.8) is 0 Å². The van der Waals surface area contributed by atoms with Crippen molar-refractivity contribution in [2.75, 3.05) is 19.7 Å². The molecule has 1 saturated heterocycles. The minimum absolute atomic E-state index is 0.0447. The van der Waals surface area contributed by atoms with Crippen LogP contribution in [0.15, 0.2) is 24.3 Å². The molecule has 4 heteroatoms. The highest BCUT2D eigenvalue weighted by Crippen LogP contribution is 2.23. The van der Waals surface area contributed by atoms with E-state index in [0.29, 0.717) is 12.5 Å². The average molecular weight is 290 g/mol. The van der Waals surface area contributed by atoms with Gasteiger partial charge in [-0.3, -0.25) is 4.79 Å². The Morgan fingerprint density at radius 3 is 2.90 bits per heavy atom. The predicted octanol–water partition coefficient (Wildman–Crippen LogP) is 2.21. The number of benzene rings is 1. The zero-order valence-corrected chi connectivity index (χ0v) is 13.0. The fourth-order valence-corrected chi connectivity index (χ4v) is 2.96. The van der Waals surface area contributed by atoms with E-state index in [1.54, 1.807) is 0 Å². The van der Waals surface area contributed by atoms with Gasteiger partial charge in [0, 0.05) is 19.1 Å². The van der Waals surface area contributed by atoms with Crippen LogP contribution in [0.1, 0.15) is 32.3 Å². The summed E-state index contributed by atoms with van der Waals surface area (Å²) in [7, 11) is 0. The number of amides is 1. The normalized spacial score (nSPS) is 22.1. The zero-order valence-electron chi connectivity index (χ0n) is 13.0. The Morgan fingerprint density at radius 2 is 2.19 bits per heavy atom. The van der Waals surface area contributed by atoms with Crippen molar-refractivity contribution in [1.82, 2.24) is 4.90 Å². The van der Waals surface area contributed by atoms with Crippen LogP contribution in [0.2, 0.25) is 0 Å². The van der Waals surface area contributed by atoms with E-state index in [1.807, 2.05) is 29.2 Å². The predicted molar refractivity (Wildman–Crippen MR) is 84.3 cm³/mol. The Labute approximate surface area is 127 Å². The van der Waals surface area contributed by atoms with E-state index < -0.39 is 0 Å². The Balaban J connectivity index is 1.95. The SMILES string of the molecule is CCc1ccccc1OCC(=O)N1CCC(C)CC1CN. The van der Waals surface area contributed by atoms with Crippen LogP contribution >= 0.6 is 0 Å². The molecule has 1 aliphatic heterocycles. The monoisotopic (exact) mass is 290 g/mol. The van der Waals surface area contributed by atoms with E-state index in [4.69, 9.17) is 10.5 Å². The first-order valence-corrected chi connectivity index (χ1v) is 7.86. The highest BCUT2D eigenvalue weighted by atomic mass is 16.5. The first kappa shape index (κ1) is 15.8. The molecule has 2 atom stereocenters. The van der Waals surface area contributed by atoms with E-state index in [-0.39, 0.29) is 18.6 Å². The Hall–Kier alpha value is -1.55. The van der Waals surface area contributed by atoms with Gasteiger partial charge in [0.15, 0.2) is 6.61 Å². The smallest absolute Gasteiger partial charge is 0.260 e. The maximum absolute atomic E-state index is 12.4. The highest BCUT2D eigenvalue weighted by molar-refractivity contribution is 5.78. The van der Waals surface area contributed by atoms with Gasteiger partial charge in [-0.25, -0.2) is 0 Å². The van der Waals surface area contributed by atoms with Gasteiger partial charge in [-0.1, -0.05) is 32.0 Å². The molecule has 1 fully saturated rings. The van der Waals surface area contributed by atoms with Gasteiger partial charge in [-0.05, 0) is 36.8 Å². The first-order chi connectivity index (χ1) is 10.2. The molecule has 1 aromatic carbocycles. The van der Waals surface area contributed by atoms with Crippen molar-refractivity contribution in [2.24, 2.45) is 11.7 Å². The zero-order chi connectivity index (χ0) is 15.2. The molecule has 2 rings (SSSR count). The van der Waals surface area contributed by atoms with Gasteiger partial charge in [0.25, 0.3) is 5.91 Å². The molecule has 1 aliphatic rings. The maximum Gasteiger partial charge on any atom is 0.260 e. The topological polar surface area (TPSA) is 55.6 Å². The molecule has 0 aromatic heterocycles. The third-order valence-electron chi connectivity index (χ3n) is 4.28. The van der Waals surface area contributed by atoms with Crippen molar-refractivity contribution >= 4 is 5.91 Å². The molecule has 1 heterocycles. The highest BCUT2D eigenvalue weighted by Gasteiger charge is 2.29. The number of rotatable bonds is 5. The van der Waals surface area contributed by atoms with Crippen molar-refractivity contribution in [2.45, 2.75) is 39.2 Å². The summed E-state index contributed by atoms with van der Waals surface area (Å²) in [6, 6.07) is 8.04. The fraction of sp³-hybridized carbons (Fsp3) is 0.588. The van der Waals surface area contributed by atoms with Crippen LogP contribution < -0.4 is 10.5 Å². The van der Waals surface area contributed by atoms with Gasteiger partial charge in [-0.2, -0.15) is 0 Å². The number of carbonyl (C=O) groups is 1. The van der Waals surface area contributed by atoms with Crippen LogP contribution in [-0.2, 0) is 11.2 Å². The molecule has 0 aliphatic carbocycles. The van der Waals surface area contributed by atoms with Gasteiger partial charge >= 0.3 is 0 Å². The quantitative estimate of drug-likeness (QED) is 0.904. The molecule has 0 radical (unpaired) electrons. The summed E-state index contributed by atoms with van der Waals surface area (Å²) in [6.45, 7) is 5.73. The summed E-state index contributed by atoms with van der Waals surface area (Å²) in [5, 5.41) is 0. The van der Waals surface area contributed by atoms with E-state index >= 15 is 0 Å². The van der Waals surface area contributed by atoms with E-state index in [0.717, 1.165) is 37.1 Å². The van der Waals surface area contributed by atoms with Crippen molar-refractivity contribution < 1.29 is 9.53 Å². The number of carbonyl (C=O) groups excluding carboxylic acids is 1. The average Bonchev–Trinajstić information content (AvgIpc) is 2.52. The lowest BCUT2D eigenvalue weighted by molar-refractivity contribution is -0.137. The van der Waals surface area contributed by atoms with Gasteiger partial charge in [0.2, 0.25) is 0 Å². The summed E-state index contributed by atoms with van der Waals surface area (Å²) in [5.74, 6) is 1.50. The summed E-state index contributed by atoms with van der Waals surface area (Å²) < 4.78 is 5.73. The number of para-hydroxylation sites is 1. The van der Waals surface area contributed by atoms with Crippen LogP contribution in [0, 0.1) is 5.92 Å². The summed E-state index contributed by atoms with van der Waals surface area (Å²) in [4.78, 5) is 14.3. The van der Waals surface area contributed by atoms with Crippen molar-refractivity contribution in [3.05, 3.63) is 29.8 Å². The fourth-order valence-electron chi connectivity index (χ4n) is 2.96. The largest absolute Gasteiger partial charge is 0.483 e. The number of hydrogen-bond acceptors (Lipinski definition) is 3. The number of piperidine rings is 1. The van der Waals surface area contributed by atoms with E-state index in [2.05, 4.69) is 13.8 Å². The second-order valence-corrected chi connectivity index (χ2v) is 5.86. The van der Waals surface area contributed by atoms with E-state index in [9.17, 15) is 4.79 Å². The van der Waals surface area contributed by atoms with Crippen molar-refractivity contribution in [3.8, 4) is 5.75 Å². The van der Waals surface area contributed by atoms with Crippen LogP contribution in [0.4, 0.5) is 0 Å². The molecule has 1 aromatic rings. The number of likely N-dealkylation sites (tertiary alicyclic amines) is 1. The molecule has 4 nitrogen and oxygen atoms in total. The lowest BCUT2D eigenvalue weighted by atomic mass is 9.92. The second-order valence-electron chi connectivity index (χ2n) is 5.86. The molecule has 0 bridgehead atoms. The molecular formula is C17H26N2O2. The van der Waals surface area contributed by atoms with Gasteiger partial charge < -0.3 is 15.4 Å². The van der Waals surface area contributed by atoms with Gasteiger partial charge in [0.1, 0.15) is 5.75 Å². The number of nitrogens with two attached hydrogens (primary N) is 1. The van der Waals surface area contributed by atoms with Crippen molar-refractivity contribution in [1.29, 1.82) is 0 Å². The van der Waals surface area contributed by atoms with Crippen LogP contribution in [0.5, 0.6) is 5.75 Å². The third-order valence-corrected chi connectivity index (χ3v) is 4.28. The molecule has 2 unspecified atom stereocenters. The molecule has 116 valence electrons. The molecular weight excluding hydrogens is 264 g/mol. The van der Waals surface area contributed by atoms with Gasteiger partial charge in [-0.15, -0.1) is 0 Å². The maximum atomic E-state index is 12.4. The molecule has 2 N–H and O–H groups in total. The number of aryl methyl sites for hydroxylation is 1. The minimum atomic E-state index is 0.0447. The summed E-state index contributed by atoms with van der Waals surface area (Å²) >= 11 is 0. The number of hydrogen-bond donors (Lipinski definition) is 1. The van der Waals surface area contributed by atoms with E-state index in [1.165, 1.54) is 0 Å². The molecule has 21 heavy (non-hydrogen) atoms. The number of nitrogens with zero attached hydrogens (tertiary/aromatic N) is 1. The Bertz CT molecular complexity index is 476. The lowest BCUT2D eigenvalue weighted by Crippen LogP contribution is -2.50. The minimum Gasteiger partial charge on any atom is -0.483 e. The molecule has 1 amide bonds. The number of ether oxygens (including phenoxy) is 1. The molecule has 0 spiro atoms. The molecule has 0 saturated carbocycles. The van der Waals surface area contributed by atoms with Crippen LogP contribution in [0.3, 0.4) is 0 Å². The summed E-state index contributed by atoms with van der Waals surface area (Å²) in [6.07, 6.45) is 2.94. The standard InChI is InChI=1S/C17H26N2O2/c1-3-14-6-4-5-7-16(14)21-12-17(20)19-9-8-13(2)10-15(19)11-18/h4-7,13,15H,3,8-12,18H2,1-2H3. The Morgan fingerprint density at radius 1 is 1.43 bits per heavy atom. The summed E-state index contributed by atoms with van der Waals surface area (Å²) in [5.41, 5.74) is 6.94. The first-order valence-electron chi connectivity index (χ1n) is 7.86. The van der Waals surface area contributed by atoms with Gasteiger partial charge in [0.05, 0.1) is 0 Å². The third kappa shape index (κ3) is 3.97.